The molecule has 1 nitrogen and oxygen atoms in total. The molecule has 74 valence electrons. The molecular formula is C11H24O. The van der Waals surface area contributed by atoms with Crippen molar-refractivity contribution in [2.24, 2.45) is 11.3 Å². The summed E-state index contributed by atoms with van der Waals surface area (Å²) in [4.78, 5) is 0. The second-order valence-corrected chi connectivity index (χ2v) is 4.84. The van der Waals surface area contributed by atoms with Crippen LogP contribution in [0.25, 0.3) is 0 Å². The largest absolute Gasteiger partial charge is 0.385 e. The third kappa shape index (κ3) is 6.66. The molecule has 0 aromatic rings. The van der Waals surface area contributed by atoms with Gasteiger partial charge in [-0.15, -0.1) is 0 Å². The molecule has 0 amide bonds. The maximum atomic E-state index is 5.08. The number of ether oxygens (including phenoxy) is 1. The lowest BCUT2D eigenvalue weighted by Gasteiger charge is -2.24. The van der Waals surface area contributed by atoms with Crippen LogP contribution in [0.1, 0.15) is 47.0 Å². The van der Waals surface area contributed by atoms with Crippen LogP contribution in [0.2, 0.25) is 0 Å². The van der Waals surface area contributed by atoms with Gasteiger partial charge in [-0.3, -0.25) is 0 Å². The van der Waals surface area contributed by atoms with E-state index in [1.807, 2.05) is 0 Å². The second-order valence-electron chi connectivity index (χ2n) is 4.84. The van der Waals surface area contributed by atoms with Crippen molar-refractivity contribution in [2.75, 3.05) is 13.7 Å². The first-order valence-electron chi connectivity index (χ1n) is 4.97. The van der Waals surface area contributed by atoms with Crippen LogP contribution in [0.3, 0.4) is 0 Å². The molecule has 12 heavy (non-hydrogen) atoms. The Morgan fingerprint density at radius 2 is 1.75 bits per heavy atom. The van der Waals surface area contributed by atoms with Crippen LogP contribution in [-0.2, 0) is 4.74 Å². The topological polar surface area (TPSA) is 9.23 Å². The highest BCUT2D eigenvalue weighted by molar-refractivity contribution is 4.68. The molecule has 0 heterocycles. The van der Waals surface area contributed by atoms with Crippen molar-refractivity contribution in [2.45, 2.75) is 47.0 Å². The SMILES string of the molecule is COCCC(C)(C)CCC(C)C. The van der Waals surface area contributed by atoms with Gasteiger partial charge >= 0.3 is 0 Å². The number of hydrogen-bond acceptors (Lipinski definition) is 1. The standard InChI is InChI=1S/C11H24O/c1-10(2)6-7-11(3,4)8-9-12-5/h10H,6-9H2,1-5H3. The summed E-state index contributed by atoms with van der Waals surface area (Å²) in [7, 11) is 1.78. The van der Waals surface area contributed by atoms with Crippen molar-refractivity contribution in [1.82, 2.24) is 0 Å². The molecule has 0 fully saturated rings. The Kier molecular flexibility index (Phi) is 5.56. The van der Waals surface area contributed by atoms with Crippen LogP contribution < -0.4 is 0 Å². The van der Waals surface area contributed by atoms with Crippen LogP contribution in [0.5, 0.6) is 0 Å². The summed E-state index contributed by atoms with van der Waals surface area (Å²) >= 11 is 0. The lowest BCUT2D eigenvalue weighted by atomic mass is 9.83. The van der Waals surface area contributed by atoms with Gasteiger partial charge in [0.25, 0.3) is 0 Å². The summed E-state index contributed by atoms with van der Waals surface area (Å²) in [6.45, 7) is 10.1. The molecule has 0 spiro atoms. The van der Waals surface area contributed by atoms with Gasteiger partial charge < -0.3 is 4.74 Å². The van der Waals surface area contributed by atoms with Crippen molar-refractivity contribution in [3.8, 4) is 0 Å². The Hall–Kier alpha value is -0.0400. The molecule has 0 aromatic heterocycles. The molecule has 0 N–H and O–H groups in total. The third-order valence-electron chi connectivity index (χ3n) is 2.38. The maximum Gasteiger partial charge on any atom is 0.0467 e. The predicted octanol–water partition coefficient (Wildman–Crippen LogP) is 3.49. The minimum Gasteiger partial charge on any atom is -0.385 e. The Bertz CT molecular complexity index is 106. The van der Waals surface area contributed by atoms with E-state index in [1.165, 1.54) is 19.3 Å². The van der Waals surface area contributed by atoms with E-state index >= 15 is 0 Å². The first-order chi connectivity index (χ1) is 5.48. The minimum absolute atomic E-state index is 0.459. The molecule has 0 rings (SSSR count). The van der Waals surface area contributed by atoms with E-state index in [0.29, 0.717) is 5.41 Å². The van der Waals surface area contributed by atoms with Gasteiger partial charge in [-0.05, 0) is 24.2 Å². The molecular weight excluding hydrogens is 148 g/mol. The summed E-state index contributed by atoms with van der Waals surface area (Å²) in [6.07, 6.45) is 3.82. The summed E-state index contributed by atoms with van der Waals surface area (Å²) in [5.41, 5.74) is 0.459. The van der Waals surface area contributed by atoms with Gasteiger partial charge in [0, 0.05) is 13.7 Å². The highest BCUT2D eigenvalue weighted by Gasteiger charge is 2.17. The summed E-state index contributed by atoms with van der Waals surface area (Å²) < 4.78 is 5.08. The molecule has 0 unspecified atom stereocenters. The predicted molar refractivity (Wildman–Crippen MR) is 54.3 cm³/mol. The van der Waals surface area contributed by atoms with Crippen molar-refractivity contribution in [3.63, 3.8) is 0 Å². The molecule has 0 aliphatic heterocycles. The van der Waals surface area contributed by atoms with Gasteiger partial charge in [0.2, 0.25) is 0 Å². The fourth-order valence-corrected chi connectivity index (χ4v) is 1.18. The van der Waals surface area contributed by atoms with Crippen molar-refractivity contribution in [1.29, 1.82) is 0 Å². The molecule has 1 heteroatoms. The minimum atomic E-state index is 0.459. The molecule has 0 aliphatic carbocycles. The van der Waals surface area contributed by atoms with Gasteiger partial charge in [0.1, 0.15) is 0 Å². The molecule has 0 saturated heterocycles. The first kappa shape index (κ1) is 12.0. The molecule has 0 aliphatic rings. The van der Waals surface area contributed by atoms with Gasteiger partial charge in [0.15, 0.2) is 0 Å². The van der Waals surface area contributed by atoms with Crippen molar-refractivity contribution < 1.29 is 4.74 Å². The van der Waals surface area contributed by atoms with E-state index in [2.05, 4.69) is 27.7 Å². The number of rotatable bonds is 6. The second kappa shape index (κ2) is 5.58. The maximum absolute atomic E-state index is 5.08. The Morgan fingerprint density at radius 1 is 1.17 bits per heavy atom. The summed E-state index contributed by atoms with van der Waals surface area (Å²) in [5, 5.41) is 0. The average molecular weight is 172 g/mol. The van der Waals surface area contributed by atoms with Crippen LogP contribution in [-0.4, -0.2) is 13.7 Å². The van der Waals surface area contributed by atoms with Gasteiger partial charge in [-0.2, -0.15) is 0 Å². The fraction of sp³-hybridized carbons (Fsp3) is 1.00. The Labute approximate surface area is 77.5 Å². The quantitative estimate of drug-likeness (QED) is 0.596. The van der Waals surface area contributed by atoms with Crippen molar-refractivity contribution in [3.05, 3.63) is 0 Å². The van der Waals surface area contributed by atoms with Gasteiger partial charge in [0.05, 0.1) is 0 Å². The zero-order chi connectivity index (χ0) is 9.61. The zero-order valence-electron chi connectivity index (χ0n) is 9.31. The highest BCUT2D eigenvalue weighted by atomic mass is 16.5. The van der Waals surface area contributed by atoms with E-state index in [-0.39, 0.29) is 0 Å². The Morgan fingerprint density at radius 3 is 2.17 bits per heavy atom. The monoisotopic (exact) mass is 172 g/mol. The Balaban J connectivity index is 3.56. The van der Waals surface area contributed by atoms with Crippen LogP contribution in [0.4, 0.5) is 0 Å². The summed E-state index contributed by atoms with van der Waals surface area (Å²) in [6, 6.07) is 0. The van der Waals surface area contributed by atoms with Gasteiger partial charge in [-0.25, -0.2) is 0 Å². The molecule has 0 bridgehead atoms. The van der Waals surface area contributed by atoms with Crippen molar-refractivity contribution >= 4 is 0 Å². The van der Waals surface area contributed by atoms with E-state index < -0.39 is 0 Å². The van der Waals surface area contributed by atoms with E-state index in [4.69, 9.17) is 4.74 Å². The highest BCUT2D eigenvalue weighted by Crippen LogP contribution is 2.28. The first-order valence-corrected chi connectivity index (χ1v) is 4.97. The van der Waals surface area contributed by atoms with Crippen LogP contribution >= 0.6 is 0 Å². The van der Waals surface area contributed by atoms with Crippen LogP contribution in [0, 0.1) is 11.3 Å². The third-order valence-corrected chi connectivity index (χ3v) is 2.38. The summed E-state index contributed by atoms with van der Waals surface area (Å²) in [5.74, 6) is 0.826. The molecule has 0 saturated carbocycles. The van der Waals surface area contributed by atoms with Gasteiger partial charge in [-0.1, -0.05) is 34.1 Å². The lowest BCUT2D eigenvalue weighted by molar-refractivity contribution is 0.144. The van der Waals surface area contributed by atoms with Crippen LogP contribution in [0.15, 0.2) is 0 Å². The normalized spacial score (nSPS) is 12.5. The fourth-order valence-electron chi connectivity index (χ4n) is 1.18. The number of hydrogen-bond donors (Lipinski definition) is 0. The molecule has 0 radical (unpaired) electrons. The van der Waals surface area contributed by atoms with E-state index in [0.717, 1.165) is 12.5 Å². The number of methoxy groups -OCH3 is 1. The molecule has 0 atom stereocenters. The smallest absolute Gasteiger partial charge is 0.0467 e. The van der Waals surface area contributed by atoms with E-state index in [1.54, 1.807) is 7.11 Å². The zero-order valence-corrected chi connectivity index (χ0v) is 9.31. The van der Waals surface area contributed by atoms with E-state index in [9.17, 15) is 0 Å². The average Bonchev–Trinajstić information content (AvgIpc) is 1.98. The lowest BCUT2D eigenvalue weighted by Crippen LogP contribution is -2.14. The molecule has 0 aromatic carbocycles.